The van der Waals surface area contributed by atoms with E-state index in [1.807, 2.05) is 13.8 Å². The Morgan fingerprint density at radius 2 is 1.86 bits per heavy atom. The maximum atomic E-state index is 12.0. The van der Waals surface area contributed by atoms with Crippen molar-refractivity contribution >= 4 is 11.6 Å². The molecular weight excluding hydrogens is 264 g/mol. The van der Waals surface area contributed by atoms with Gasteiger partial charge in [0.15, 0.2) is 0 Å². The quantitative estimate of drug-likeness (QED) is 0.876. The van der Waals surface area contributed by atoms with Crippen molar-refractivity contribution in [2.45, 2.75) is 46.1 Å². The molecule has 0 atom stereocenters. The van der Waals surface area contributed by atoms with Gasteiger partial charge in [0.2, 0.25) is 5.91 Å². The van der Waals surface area contributed by atoms with Crippen molar-refractivity contribution in [1.29, 1.82) is 0 Å². The lowest BCUT2D eigenvalue weighted by molar-refractivity contribution is -0.117. The van der Waals surface area contributed by atoms with Crippen LogP contribution < -0.4 is 10.6 Å². The van der Waals surface area contributed by atoms with Crippen LogP contribution in [0.15, 0.2) is 12.1 Å². The van der Waals surface area contributed by atoms with Gasteiger partial charge < -0.3 is 15.4 Å². The Morgan fingerprint density at radius 1 is 1.24 bits per heavy atom. The molecule has 0 aromatic heterocycles. The van der Waals surface area contributed by atoms with Crippen LogP contribution >= 0.6 is 0 Å². The molecule has 4 nitrogen and oxygen atoms in total. The molecule has 0 saturated carbocycles. The SMILES string of the molecule is Cc1cc(C)c(NC(=O)CCOC2CCNCC2)c(C)c1. The number of amides is 1. The van der Waals surface area contributed by atoms with E-state index in [0.29, 0.717) is 19.1 Å². The molecule has 116 valence electrons. The van der Waals surface area contributed by atoms with Crippen LogP contribution in [0.1, 0.15) is 36.0 Å². The third-order valence-electron chi connectivity index (χ3n) is 3.91. The lowest BCUT2D eigenvalue weighted by Gasteiger charge is -2.22. The Hall–Kier alpha value is -1.39. The van der Waals surface area contributed by atoms with Crippen molar-refractivity contribution in [3.63, 3.8) is 0 Å². The molecule has 1 heterocycles. The summed E-state index contributed by atoms with van der Waals surface area (Å²) in [5, 5.41) is 6.32. The van der Waals surface area contributed by atoms with Crippen molar-refractivity contribution in [2.24, 2.45) is 0 Å². The summed E-state index contributed by atoms with van der Waals surface area (Å²) in [6.45, 7) is 8.65. The van der Waals surface area contributed by atoms with Crippen LogP contribution in [0.5, 0.6) is 0 Å². The number of carbonyl (C=O) groups is 1. The number of aryl methyl sites for hydroxylation is 3. The van der Waals surface area contributed by atoms with Crippen LogP contribution in [0.3, 0.4) is 0 Å². The predicted molar refractivity (Wildman–Crippen MR) is 85.7 cm³/mol. The van der Waals surface area contributed by atoms with Gasteiger partial charge >= 0.3 is 0 Å². The fourth-order valence-corrected chi connectivity index (χ4v) is 2.86. The number of benzene rings is 1. The van der Waals surface area contributed by atoms with Crippen LogP contribution in [0.25, 0.3) is 0 Å². The number of nitrogens with one attached hydrogen (secondary N) is 2. The largest absolute Gasteiger partial charge is 0.378 e. The summed E-state index contributed by atoms with van der Waals surface area (Å²) in [6, 6.07) is 4.18. The molecule has 1 aromatic carbocycles. The summed E-state index contributed by atoms with van der Waals surface area (Å²) in [6.07, 6.45) is 2.80. The fraction of sp³-hybridized carbons (Fsp3) is 0.588. The summed E-state index contributed by atoms with van der Waals surface area (Å²) >= 11 is 0. The van der Waals surface area contributed by atoms with Crippen LogP contribution in [0.2, 0.25) is 0 Å². The van der Waals surface area contributed by atoms with Crippen molar-refractivity contribution in [3.05, 3.63) is 28.8 Å². The highest BCUT2D eigenvalue weighted by Gasteiger charge is 2.14. The minimum atomic E-state index is 0.0268. The molecule has 0 bridgehead atoms. The number of piperidine rings is 1. The third-order valence-corrected chi connectivity index (χ3v) is 3.91. The Labute approximate surface area is 127 Å². The fourth-order valence-electron chi connectivity index (χ4n) is 2.86. The van der Waals surface area contributed by atoms with Gasteiger partial charge in [-0.25, -0.2) is 0 Å². The molecule has 0 unspecified atom stereocenters. The molecule has 4 heteroatoms. The van der Waals surface area contributed by atoms with E-state index in [-0.39, 0.29) is 5.91 Å². The molecule has 0 spiro atoms. The first-order valence-corrected chi connectivity index (χ1v) is 7.76. The second kappa shape index (κ2) is 7.57. The van der Waals surface area contributed by atoms with E-state index in [0.717, 1.165) is 42.7 Å². The second-order valence-electron chi connectivity index (χ2n) is 5.89. The number of hydrogen-bond donors (Lipinski definition) is 2. The zero-order valence-corrected chi connectivity index (χ0v) is 13.3. The molecular formula is C17H26N2O2. The van der Waals surface area contributed by atoms with Crippen LogP contribution in [0, 0.1) is 20.8 Å². The first-order chi connectivity index (χ1) is 10.1. The molecule has 1 saturated heterocycles. The average molecular weight is 290 g/mol. The highest BCUT2D eigenvalue weighted by atomic mass is 16.5. The first kappa shape index (κ1) is 16.0. The Kier molecular flexibility index (Phi) is 5.76. The van der Waals surface area contributed by atoms with Crippen LogP contribution in [-0.4, -0.2) is 31.7 Å². The number of carbonyl (C=O) groups excluding carboxylic acids is 1. The number of ether oxygens (including phenoxy) is 1. The molecule has 2 rings (SSSR count). The third kappa shape index (κ3) is 4.83. The number of hydrogen-bond acceptors (Lipinski definition) is 3. The van der Waals surface area contributed by atoms with E-state index in [2.05, 4.69) is 29.7 Å². The van der Waals surface area contributed by atoms with Gasteiger partial charge in [-0.05, 0) is 57.8 Å². The smallest absolute Gasteiger partial charge is 0.226 e. The topological polar surface area (TPSA) is 50.4 Å². The lowest BCUT2D eigenvalue weighted by Crippen LogP contribution is -2.33. The van der Waals surface area contributed by atoms with Crippen LogP contribution in [-0.2, 0) is 9.53 Å². The van der Waals surface area contributed by atoms with E-state index >= 15 is 0 Å². The molecule has 1 fully saturated rings. The van der Waals surface area contributed by atoms with Gasteiger partial charge in [-0.2, -0.15) is 0 Å². The van der Waals surface area contributed by atoms with Crippen molar-refractivity contribution < 1.29 is 9.53 Å². The van der Waals surface area contributed by atoms with Gasteiger partial charge in [0.1, 0.15) is 0 Å². The van der Waals surface area contributed by atoms with Gasteiger partial charge in [0.05, 0.1) is 19.1 Å². The van der Waals surface area contributed by atoms with Gasteiger partial charge in [-0.3, -0.25) is 4.79 Å². The number of rotatable bonds is 5. The van der Waals surface area contributed by atoms with E-state index in [4.69, 9.17) is 4.74 Å². The summed E-state index contributed by atoms with van der Waals surface area (Å²) in [5.74, 6) is 0.0268. The van der Waals surface area contributed by atoms with Gasteiger partial charge in [0, 0.05) is 5.69 Å². The minimum Gasteiger partial charge on any atom is -0.378 e. The predicted octanol–water partition coefficient (Wildman–Crippen LogP) is 2.71. The minimum absolute atomic E-state index is 0.0268. The average Bonchev–Trinajstić information content (AvgIpc) is 2.44. The number of anilines is 1. The molecule has 1 amide bonds. The van der Waals surface area contributed by atoms with Gasteiger partial charge in [0.25, 0.3) is 0 Å². The molecule has 2 N–H and O–H groups in total. The van der Waals surface area contributed by atoms with Crippen molar-refractivity contribution in [3.8, 4) is 0 Å². The molecule has 0 aliphatic carbocycles. The zero-order valence-electron chi connectivity index (χ0n) is 13.3. The molecule has 21 heavy (non-hydrogen) atoms. The molecule has 1 aromatic rings. The monoisotopic (exact) mass is 290 g/mol. The van der Waals surface area contributed by atoms with Crippen LogP contribution in [0.4, 0.5) is 5.69 Å². The highest BCUT2D eigenvalue weighted by Crippen LogP contribution is 2.22. The summed E-state index contributed by atoms with van der Waals surface area (Å²) in [7, 11) is 0. The Morgan fingerprint density at radius 3 is 2.48 bits per heavy atom. The summed E-state index contributed by atoms with van der Waals surface area (Å²) < 4.78 is 5.77. The standard InChI is InChI=1S/C17H26N2O2/c1-12-10-13(2)17(14(3)11-12)19-16(20)6-9-21-15-4-7-18-8-5-15/h10-11,15,18H,4-9H2,1-3H3,(H,19,20). The normalized spacial score (nSPS) is 16.0. The van der Waals surface area contributed by atoms with E-state index in [9.17, 15) is 4.79 Å². The summed E-state index contributed by atoms with van der Waals surface area (Å²) in [4.78, 5) is 12.0. The van der Waals surface area contributed by atoms with Crippen molar-refractivity contribution in [1.82, 2.24) is 5.32 Å². The molecule has 1 aliphatic heterocycles. The zero-order chi connectivity index (χ0) is 15.2. The van der Waals surface area contributed by atoms with Gasteiger partial charge in [-0.1, -0.05) is 17.7 Å². The summed E-state index contributed by atoms with van der Waals surface area (Å²) in [5.41, 5.74) is 4.38. The first-order valence-electron chi connectivity index (χ1n) is 7.76. The van der Waals surface area contributed by atoms with E-state index < -0.39 is 0 Å². The Bertz CT molecular complexity index is 471. The highest BCUT2D eigenvalue weighted by molar-refractivity contribution is 5.92. The maximum absolute atomic E-state index is 12.0. The second-order valence-corrected chi connectivity index (χ2v) is 5.89. The molecule has 0 radical (unpaired) electrons. The maximum Gasteiger partial charge on any atom is 0.226 e. The Balaban J connectivity index is 1.79. The lowest BCUT2D eigenvalue weighted by atomic mass is 10.1. The van der Waals surface area contributed by atoms with E-state index in [1.165, 1.54) is 5.56 Å². The van der Waals surface area contributed by atoms with Crippen molar-refractivity contribution in [2.75, 3.05) is 25.0 Å². The van der Waals surface area contributed by atoms with E-state index in [1.54, 1.807) is 0 Å². The van der Waals surface area contributed by atoms with Gasteiger partial charge in [-0.15, -0.1) is 0 Å². The molecule has 1 aliphatic rings.